The zero-order valence-corrected chi connectivity index (χ0v) is 18.0. The first kappa shape index (κ1) is 22.3. The van der Waals surface area contributed by atoms with Gasteiger partial charge in [-0.25, -0.2) is 4.39 Å². The van der Waals surface area contributed by atoms with Crippen LogP contribution in [-0.2, 0) is 22.6 Å². The van der Waals surface area contributed by atoms with Gasteiger partial charge in [-0.3, -0.25) is 9.59 Å². The first-order valence-electron chi connectivity index (χ1n) is 10.5. The summed E-state index contributed by atoms with van der Waals surface area (Å²) in [5.74, 6) is -0.609. The number of carbonyl (C=O) groups is 2. The lowest BCUT2D eigenvalue weighted by Crippen LogP contribution is -2.51. The molecule has 0 spiro atoms. The van der Waals surface area contributed by atoms with Gasteiger partial charge in [0.1, 0.15) is 11.9 Å². The van der Waals surface area contributed by atoms with E-state index in [4.69, 9.17) is 11.6 Å². The lowest BCUT2D eigenvalue weighted by Gasteiger charge is -2.31. The molecule has 4 nitrogen and oxygen atoms in total. The summed E-state index contributed by atoms with van der Waals surface area (Å²) in [6, 6.07) is 12.8. The van der Waals surface area contributed by atoms with Crippen molar-refractivity contribution in [2.75, 3.05) is 0 Å². The van der Waals surface area contributed by atoms with E-state index in [0.29, 0.717) is 11.4 Å². The minimum atomic E-state index is -0.581. The maximum Gasteiger partial charge on any atom is 0.243 e. The quantitative estimate of drug-likeness (QED) is 0.648. The van der Waals surface area contributed by atoms with Crippen LogP contribution in [0.5, 0.6) is 0 Å². The Morgan fingerprint density at radius 2 is 1.83 bits per heavy atom. The van der Waals surface area contributed by atoms with Crippen LogP contribution in [0.15, 0.2) is 48.5 Å². The maximum absolute atomic E-state index is 13.3. The van der Waals surface area contributed by atoms with Crippen molar-refractivity contribution in [2.45, 2.75) is 64.1 Å². The van der Waals surface area contributed by atoms with E-state index < -0.39 is 6.04 Å². The third-order valence-electron chi connectivity index (χ3n) is 5.60. The molecule has 6 heteroatoms. The Morgan fingerprint density at radius 1 is 1.13 bits per heavy atom. The van der Waals surface area contributed by atoms with Crippen molar-refractivity contribution in [2.24, 2.45) is 0 Å². The van der Waals surface area contributed by atoms with Gasteiger partial charge in [-0.15, -0.1) is 0 Å². The van der Waals surface area contributed by atoms with Gasteiger partial charge in [-0.1, -0.05) is 55.6 Å². The molecule has 1 N–H and O–H groups in total. The number of hydrogen-bond donors (Lipinski definition) is 1. The first-order valence-corrected chi connectivity index (χ1v) is 10.9. The Bertz CT molecular complexity index is 866. The molecule has 2 amide bonds. The topological polar surface area (TPSA) is 49.4 Å². The molecule has 0 aromatic heterocycles. The van der Waals surface area contributed by atoms with Crippen LogP contribution in [0.4, 0.5) is 4.39 Å². The molecule has 1 aliphatic carbocycles. The number of rotatable bonds is 8. The molecule has 0 bridgehead atoms. The molecule has 0 heterocycles. The van der Waals surface area contributed by atoms with E-state index in [0.717, 1.165) is 36.8 Å². The standard InChI is InChI=1S/C24H28ClFN2O2/c1-2-22(24(30)27-21-8-3-4-9-21)28(16-17-10-12-20(26)13-11-17)23(29)15-18-6-5-7-19(25)14-18/h5-7,10-14,21-22H,2-4,8-9,15-16H2,1H3,(H,27,30)/t22-/m1/s1. The van der Waals surface area contributed by atoms with Crippen molar-refractivity contribution in [3.8, 4) is 0 Å². The number of nitrogens with one attached hydrogen (secondary N) is 1. The molecule has 1 fully saturated rings. The molecule has 2 aromatic rings. The van der Waals surface area contributed by atoms with E-state index in [9.17, 15) is 14.0 Å². The van der Waals surface area contributed by atoms with Crippen molar-refractivity contribution in [3.05, 3.63) is 70.5 Å². The van der Waals surface area contributed by atoms with Crippen LogP contribution in [0, 0.1) is 5.82 Å². The van der Waals surface area contributed by atoms with Crippen molar-refractivity contribution < 1.29 is 14.0 Å². The molecule has 1 aliphatic rings. The summed E-state index contributed by atoms with van der Waals surface area (Å²) in [7, 11) is 0. The van der Waals surface area contributed by atoms with Crippen LogP contribution in [0.3, 0.4) is 0 Å². The predicted octanol–water partition coefficient (Wildman–Crippen LogP) is 4.89. The predicted molar refractivity (Wildman–Crippen MR) is 117 cm³/mol. The summed E-state index contributed by atoms with van der Waals surface area (Å²) in [5, 5.41) is 3.69. The minimum absolute atomic E-state index is 0.119. The zero-order chi connectivity index (χ0) is 21.5. The van der Waals surface area contributed by atoms with Crippen LogP contribution in [0.1, 0.15) is 50.2 Å². The monoisotopic (exact) mass is 430 g/mol. The zero-order valence-electron chi connectivity index (χ0n) is 17.2. The van der Waals surface area contributed by atoms with Crippen LogP contribution >= 0.6 is 11.6 Å². The van der Waals surface area contributed by atoms with Gasteiger partial charge in [0, 0.05) is 17.6 Å². The van der Waals surface area contributed by atoms with Gasteiger partial charge >= 0.3 is 0 Å². The van der Waals surface area contributed by atoms with Gasteiger partial charge < -0.3 is 10.2 Å². The molecule has 1 saturated carbocycles. The van der Waals surface area contributed by atoms with Crippen LogP contribution in [0.25, 0.3) is 0 Å². The minimum Gasteiger partial charge on any atom is -0.352 e. The summed E-state index contributed by atoms with van der Waals surface area (Å²) in [6.07, 6.45) is 4.85. The average Bonchev–Trinajstić information content (AvgIpc) is 3.22. The normalized spacial score (nSPS) is 15.0. The molecule has 160 valence electrons. The number of benzene rings is 2. The average molecular weight is 431 g/mol. The third kappa shape index (κ3) is 6.05. The smallest absolute Gasteiger partial charge is 0.243 e. The Labute approximate surface area is 182 Å². The highest BCUT2D eigenvalue weighted by Gasteiger charge is 2.30. The van der Waals surface area contributed by atoms with Gasteiger partial charge in [0.2, 0.25) is 11.8 Å². The second-order valence-corrected chi connectivity index (χ2v) is 8.31. The first-order chi connectivity index (χ1) is 14.5. The maximum atomic E-state index is 13.3. The van der Waals surface area contributed by atoms with E-state index >= 15 is 0 Å². The van der Waals surface area contributed by atoms with Gasteiger partial charge in [0.15, 0.2) is 0 Å². The summed E-state index contributed by atoms with van der Waals surface area (Å²) in [5.41, 5.74) is 1.57. The lowest BCUT2D eigenvalue weighted by molar-refractivity contribution is -0.141. The van der Waals surface area contributed by atoms with Gasteiger partial charge in [0.05, 0.1) is 6.42 Å². The van der Waals surface area contributed by atoms with E-state index in [1.807, 2.05) is 13.0 Å². The molecule has 0 saturated heterocycles. The second-order valence-electron chi connectivity index (χ2n) is 7.87. The summed E-state index contributed by atoms with van der Waals surface area (Å²) < 4.78 is 13.3. The van der Waals surface area contributed by atoms with Gasteiger partial charge in [-0.05, 0) is 54.7 Å². The number of hydrogen-bond acceptors (Lipinski definition) is 2. The molecule has 30 heavy (non-hydrogen) atoms. The van der Waals surface area contributed by atoms with E-state index in [1.165, 1.54) is 12.1 Å². The van der Waals surface area contributed by atoms with E-state index in [-0.39, 0.29) is 36.6 Å². The van der Waals surface area contributed by atoms with Crippen LogP contribution in [-0.4, -0.2) is 28.8 Å². The summed E-state index contributed by atoms with van der Waals surface area (Å²) in [4.78, 5) is 27.9. The molecule has 0 radical (unpaired) electrons. The Morgan fingerprint density at radius 3 is 2.47 bits per heavy atom. The van der Waals surface area contributed by atoms with Crippen molar-refractivity contribution >= 4 is 23.4 Å². The van der Waals surface area contributed by atoms with Crippen molar-refractivity contribution in [1.82, 2.24) is 10.2 Å². The van der Waals surface area contributed by atoms with Gasteiger partial charge in [0.25, 0.3) is 0 Å². The fourth-order valence-electron chi connectivity index (χ4n) is 4.00. The highest BCUT2D eigenvalue weighted by atomic mass is 35.5. The molecule has 1 atom stereocenters. The second kappa shape index (κ2) is 10.6. The molecule has 3 rings (SSSR count). The number of carbonyl (C=O) groups excluding carboxylic acids is 2. The molecular weight excluding hydrogens is 403 g/mol. The van der Waals surface area contributed by atoms with E-state index in [1.54, 1.807) is 35.2 Å². The number of amides is 2. The van der Waals surface area contributed by atoms with Crippen molar-refractivity contribution in [3.63, 3.8) is 0 Å². The molecule has 2 aromatic carbocycles. The Balaban J connectivity index is 1.81. The molecular formula is C24H28ClFN2O2. The molecule has 0 unspecified atom stereocenters. The number of nitrogens with zero attached hydrogens (tertiary/aromatic N) is 1. The number of halogens is 2. The molecule has 0 aliphatic heterocycles. The van der Waals surface area contributed by atoms with Crippen molar-refractivity contribution in [1.29, 1.82) is 0 Å². The highest BCUT2D eigenvalue weighted by molar-refractivity contribution is 6.30. The van der Waals surface area contributed by atoms with Crippen LogP contribution in [0.2, 0.25) is 5.02 Å². The fraction of sp³-hybridized carbons (Fsp3) is 0.417. The highest BCUT2D eigenvalue weighted by Crippen LogP contribution is 2.20. The Hall–Kier alpha value is -2.40. The lowest BCUT2D eigenvalue weighted by atomic mass is 10.1. The van der Waals surface area contributed by atoms with Gasteiger partial charge in [-0.2, -0.15) is 0 Å². The Kier molecular flexibility index (Phi) is 7.86. The third-order valence-corrected chi connectivity index (χ3v) is 5.83. The summed E-state index contributed by atoms with van der Waals surface area (Å²) in [6.45, 7) is 2.15. The summed E-state index contributed by atoms with van der Waals surface area (Å²) >= 11 is 6.06. The largest absolute Gasteiger partial charge is 0.352 e. The van der Waals surface area contributed by atoms with E-state index in [2.05, 4.69) is 5.32 Å². The SMILES string of the molecule is CC[C@H](C(=O)NC1CCCC1)N(Cc1ccc(F)cc1)C(=O)Cc1cccc(Cl)c1. The van der Waals surface area contributed by atoms with Crippen LogP contribution < -0.4 is 5.32 Å². The fourth-order valence-corrected chi connectivity index (χ4v) is 4.21.